The molecule has 3 aliphatic carbocycles. The molecule has 1 saturated heterocycles. The van der Waals surface area contributed by atoms with Gasteiger partial charge in [-0.05, 0) is 67.7 Å². The van der Waals surface area contributed by atoms with Gasteiger partial charge in [0.2, 0.25) is 0 Å². The van der Waals surface area contributed by atoms with Gasteiger partial charge in [0.1, 0.15) is 17.2 Å². The summed E-state index contributed by atoms with van der Waals surface area (Å²) in [5.41, 5.74) is 1.83. The summed E-state index contributed by atoms with van der Waals surface area (Å²) in [4.78, 5) is 18.2. The normalized spacial score (nSPS) is 23.2. The van der Waals surface area contributed by atoms with Crippen LogP contribution in [0.15, 0.2) is 59.1 Å². The SMILES string of the molecule is O=C(O)c1cc(OC2CC2)c2cc(N3CC4C(/C=C/c5c(-c6ccccc6C(F)(F)F)noc5C5CC5)C4C3)ccc2n1. The first kappa shape index (κ1) is 26.3. The summed E-state index contributed by atoms with van der Waals surface area (Å²) in [6.45, 7) is 1.71. The summed E-state index contributed by atoms with van der Waals surface area (Å²) in [5.74, 6) is 1.57. The Labute approximate surface area is 244 Å². The predicted molar refractivity (Wildman–Crippen MR) is 153 cm³/mol. The summed E-state index contributed by atoms with van der Waals surface area (Å²) in [5, 5.41) is 14.4. The first-order valence-electron chi connectivity index (χ1n) is 14.7. The van der Waals surface area contributed by atoms with Crippen molar-refractivity contribution in [3.8, 4) is 17.0 Å². The fourth-order valence-corrected chi connectivity index (χ4v) is 6.47. The van der Waals surface area contributed by atoms with Gasteiger partial charge in [-0.3, -0.25) is 0 Å². The van der Waals surface area contributed by atoms with Gasteiger partial charge in [-0.15, -0.1) is 0 Å². The Morgan fingerprint density at radius 1 is 1.05 bits per heavy atom. The van der Waals surface area contributed by atoms with E-state index in [1.807, 2.05) is 24.3 Å². The van der Waals surface area contributed by atoms with Crippen molar-refractivity contribution in [2.24, 2.45) is 17.8 Å². The summed E-state index contributed by atoms with van der Waals surface area (Å²) in [6, 6.07) is 12.9. The van der Waals surface area contributed by atoms with E-state index in [0.717, 1.165) is 55.9 Å². The molecule has 0 amide bonds. The third kappa shape index (κ3) is 4.82. The highest BCUT2D eigenvalue weighted by Gasteiger charge is 2.54. The van der Waals surface area contributed by atoms with Crippen LogP contribution in [0.25, 0.3) is 28.2 Å². The Kier molecular flexibility index (Phi) is 5.86. The number of rotatable bonds is 8. The molecule has 2 aromatic carbocycles. The van der Waals surface area contributed by atoms with Gasteiger partial charge in [-0.2, -0.15) is 13.2 Å². The van der Waals surface area contributed by atoms with Crippen LogP contribution in [0, 0.1) is 17.8 Å². The molecule has 43 heavy (non-hydrogen) atoms. The van der Waals surface area contributed by atoms with E-state index in [0.29, 0.717) is 40.3 Å². The Hall–Kier alpha value is -4.34. The number of aromatic carboxylic acids is 1. The Balaban J connectivity index is 1.02. The topological polar surface area (TPSA) is 88.7 Å². The second-order valence-corrected chi connectivity index (χ2v) is 12.1. The van der Waals surface area contributed by atoms with Crippen molar-refractivity contribution in [1.29, 1.82) is 0 Å². The first-order chi connectivity index (χ1) is 20.7. The minimum absolute atomic E-state index is 0.0318. The third-order valence-electron chi connectivity index (χ3n) is 9.09. The van der Waals surface area contributed by atoms with E-state index in [1.54, 1.807) is 6.07 Å². The first-order valence-corrected chi connectivity index (χ1v) is 14.7. The lowest BCUT2D eigenvalue weighted by Crippen LogP contribution is -2.23. The molecule has 2 atom stereocenters. The van der Waals surface area contributed by atoms with Crippen LogP contribution >= 0.6 is 0 Å². The molecule has 0 bridgehead atoms. The molecular formula is C33H28F3N3O4. The second-order valence-electron chi connectivity index (χ2n) is 12.1. The van der Waals surface area contributed by atoms with Crippen molar-refractivity contribution in [2.45, 2.75) is 43.9 Å². The Bertz CT molecular complexity index is 1780. The lowest BCUT2D eigenvalue weighted by molar-refractivity contribution is -0.137. The van der Waals surface area contributed by atoms with Gasteiger partial charge in [-0.25, -0.2) is 9.78 Å². The second kappa shape index (κ2) is 9.59. The molecule has 4 aromatic rings. The average molecular weight is 588 g/mol. The monoisotopic (exact) mass is 587 g/mol. The number of halogens is 3. The molecule has 1 aliphatic heterocycles. The molecule has 7 nitrogen and oxygen atoms in total. The van der Waals surface area contributed by atoms with Crippen LogP contribution in [0.3, 0.4) is 0 Å². The summed E-state index contributed by atoms with van der Waals surface area (Å²) < 4.78 is 53.1. The number of aromatic nitrogens is 2. The molecule has 220 valence electrons. The van der Waals surface area contributed by atoms with Crippen LogP contribution in [0.4, 0.5) is 18.9 Å². The molecule has 1 N–H and O–H groups in total. The van der Waals surface area contributed by atoms with E-state index in [9.17, 15) is 23.1 Å². The van der Waals surface area contributed by atoms with E-state index in [1.165, 1.54) is 18.2 Å². The van der Waals surface area contributed by atoms with Gasteiger partial charge in [0, 0.05) is 47.3 Å². The Morgan fingerprint density at radius 3 is 2.51 bits per heavy atom. The number of carbonyl (C=O) groups is 1. The van der Waals surface area contributed by atoms with Crippen molar-refractivity contribution >= 4 is 28.6 Å². The smallest absolute Gasteiger partial charge is 0.417 e. The van der Waals surface area contributed by atoms with Crippen LogP contribution in [0.2, 0.25) is 0 Å². The van der Waals surface area contributed by atoms with Crippen LogP contribution < -0.4 is 9.64 Å². The molecule has 0 radical (unpaired) electrons. The van der Waals surface area contributed by atoms with Gasteiger partial charge in [0.15, 0.2) is 5.69 Å². The van der Waals surface area contributed by atoms with E-state index in [-0.39, 0.29) is 29.0 Å². The van der Waals surface area contributed by atoms with Crippen molar-refractivity contribution in [2.75, 3.05) is 18.0 Å². The highest BCUT2D eigenvalue weighted by molar-refractivity contribution is 5.94. The predicted octanol–water partition coefficient (Wildman–Crippen LogP) is 7.42. The number of alkyl halides is 3. The zero-order valence-corrected chi connectivity index (χ0v) is 23.1. The van der Waals surface area contributed by atoms with Crippen LogP contribution in [-0.2, 0) is 6.18 Å². The van der Waals surface area contributed by atoms with E-state index in [4.69, 9.17) is 9.26 Å². The molecule has 2 unspecified atom stereocenters. The number of allylic oxidation sites excluding steroid dienone is 1. The van der Waals surface area contributed by atoms with Crippen LogP contribution in [0.1, 0.15) is 59.0 Å². The fraction of sp³-hybridized carbons (Fsp3) is 0.364. The Morgan fingerprint density at radius 2 is 1.81 bits per heavy atom. The lowest BCUT2D eigenvalue weighted by atomic mass is 9.98. The molecule has 3 saturated carbocycles. The maximum atomic E-state index is 13.8. The van der Waals surface area contributed by atoms with Crippen molar-refractivity contribution in [3.63, 3.8) is 0 Å². The largest absolute Gasteiger partial charge is 0.490 e. The molecule has 8 rings (SSSR count). The van der Waals surface area contributed by atoms with Gasteiger partial charge in [0.05, 0.1) is 17.2 Å². The average Bonchev–Trinajstić information content (AvgIpc) is 3.96. The van der Waals surface area contributed by atoms with Crippen LogP contribution in [-0.4, -0.2) is 40.4 Å². The van der Waals surface area contributed by atoms with Crippen LogP contribution in [0.5, 0.6) is 5.75 Å². The van der Waals surface area contributed by atoms with Crippen molar-refractivity contribution < 1.29 is 32.3 Å². The number of hydrogen-bond donors (Lipinski definition) is 1. The highest BCUT2D eigenvalue weighted by atomic mass is 19.4. The van der Waals surface area contributed by atoms with Gasteiger partial charge < -0.3 is 19.3 Å². The lowest BCUT2D eigenvalue weighted by Gasteiger charge is -2.22. The van der Waals surface area contributed by atoms with Crippen molar-refractivity contribution in [3.05, 3.63) is 77.2 Å². The molecule has 2 aromatic heterocycles. The number of piperidine rings is 1. The molecule has 4 fully saturated rings. The van der Waals surface area contributed by atoms with E-state index in [2.05, 4.69) is 21.1 Å². The fourth-order valence-electron chi connectivity index (χ4n) is 6.47. The standard InChI is InChI=1S/C33H28F3N3O4/c34-33(35,36)26-4-2-1-3-21(26)30-22(31(43-38-30)17-5-6-17)11-10-20-24-15-39(16-25(20)24)18-7-12-27-23(13-18)29(42-19-8-9-19)14-28(37-27)32(40)41/h1-4,7,10-14,17,19-20,24-25H,5-6,8-9,15-16H2,(H,40,41)/b11-10+. The number of carboxylic acid groups (broad SMARTS) is 1. The number of ether oxygens (including phenoxy) is 1. The molecular weight excluding hydrogens is 559 g/mol. The number of pyridine rings is 1. The number of nitrogens with zero attached hydrogens (tertiary/aromatic N) is 3. The number of hydrogen-bond acceptors (Lipinski definition) is 6. The quantitative estimate of drug-likeness (QED) is 0.230. The maximum absolute atomic E-state index is 13.8. The highest BCUT2D eigenvalue weighted by Crippen LogP contribution is 2.54. The summed E-state index contributed by atoms with van der Waals surface area (Å²) in [7, 11) is 0. The molecule has 3 heterocycles. The molecule has 0 spiro atoms. The van der Waals surface area contributed by atoms with E-state index < -0.39 is 17.7 Å². The van der Waals surface area contributed by atoms with E-state index >= 15 is 0 Å². The van der Waals surface area contributed by atoms with Gasteiger partial charge >= 0.3 is 12.1 Å². The molecule has 4 aliphatic rings. The number of fused-ring (bicyclic) bond motifs is 2. The summed E-state index contributed by atoms with van der Waals surface area (Å²) in [6.07, 6.45) is 3.52. The molecule has 10 heteroatoms. The summed E-state index contributed by atoms with van der Waals surface area (Å²) >= 11 is 0. The third-order valence-corrected chi connectivity index (χ3v) is 9.09. The maximum Gasteiger partial charge on any atom is 0.417 e. The van der Waals surface area contributed by atoms with Gasteiger partial charge in [0.25, 0.3) is 0 Å². The zero-order chi connectivity index (χ0) is 29.5. The number of anilines is 1. The minimum Gasteiger partial charge on any atom is -0.490 e. The minimum atomic E-state index is -4.49. The zero-order valence-electron chi connectivity index (χ0n) is 23.1. The number of benzene rings is 2. The van der Waals surface area contributed by atoms with Gasteiger partial charge in [-0.1, -0.05) is 35.5 Å². The number of carboxylic acids is 1. The van der Waals surface area contributed by atoms with Crippen molar-refractivity contribution in [1.82, 2.24) is 10.1 Å².